The fourth-order valence-corrected chi connectivity index (χ4v) is 5.00. The van der Waals surface area contributed by atoms with Gasteiger partial charge in [0.2, 0.25) is 0 Å². The maximum Gasteiger partial charge on any atom is 0.0352 e. The highest BCUT2D eigenvalue weighted by Crippen LogP contribution is 2.48. The Balaban J connectivity index is 2.02. The van der Waals surface area contributed by atoms with E-state index in [0.717, 1.165) is 13.0 Å². The molecule has 1 aromatic rings. The summed E-state index contributed by atoms with van der Waals surface area (Å²) in [4.78, 5) is 2.76. The van der Waals surface area contributed by atoms with Gasteiger partial charge in [-0.1, -0.05) is 63.3 Å². The summed E-state index contributed by atoms with van der Waals surface area (Å²) in [6.07, 6.45) is 9.55. The van der Waals surface area contributed by atoms with E-state index < -0.39 is 0 Å². The number of allylic oxidation sites excluding steroid dienone is 4. The molecule has 0 aromatic heterocycles. The van der Waals surface area contributed by atoms with Gasteiger partial charge in [0.15, 0.2) is 0 Å². The van der Waals surface area contributed by atoms with Gasteiger partial charge >= 0.3 is 0 Å². The van der Waals surface area contributed by atoms with Crippen LogP contribution in [0.15, 0.2) is 53.8 Å². The Kier molecular flexibility index (Phi) is 4.64. The van der Waals surface area contributed by atoms with Crippen LogP contribution in [0.5, 0.6) is 0 Å². The van der Waals surface area contributed by atoms with Gasteiger partial charge in [0.1, 0.15) is 0 Å². The number of benzene rings is 1. The number of hydrogen-bond donors (Lipinski definition) is 0. The first-order chi connectivity index (χ1) is 11.4. The highest BCUT2D eigenvalue weighted by molar-refractivity contribution is 5.36. The molecule has 1 saturated heterocycles. The number of nitrogens with zero attached hydrogens (tertiary/aromatic N) is 1. The average molecular weight is 324 g/mol. The molecule has 1 aliphatic carbocycles. The Labute approximate surface area is 148 Å². The summed E-state index contributed by atoms with van der Waals surface area (Å²) in [5, 5.41) is 0. The molecule has 1 heterocycles. The summed E-state index contributed by atoms with van der Waals surface area (Å²) in [5.74, 6) is 0.683. The SMILES string of the molecule is CCC1=C(N2CC(C)(c3ccccc3)CC2(C)C)[C@H](CC)CC=C1. The first-order valence-corrected chi connectivity index (χ1v) is 9.64. The van der Waals surface area contributed by atoms with E-state index in [1.807, 2.05) is 0 Å². The lowest BCUT2D eigenvalue weighted by Crippen LogP contribution is -2.40. The van der Waals surface area contributed by atoms with Gasteiger partial charge in [-0.2, -0.15) is 0 Å². The third-order valence-electron chi connectivity index (χ3n) is 6.15. The van der Waals surface area contributed by atoms with E-state index >= 15 is 0 Å². The smallest absolute Gasteiger partial charge is 0.0352 e. The van der Waals surface area contributed by atoms with Crippen LogP contribution < -0.4 is 0 Å². The molecule has 1 unspecified atom stereocenters. The molecule has 0 spiro atoms. The van der Waals surface area contributed by atoms with Crippen molar-refractivity contribution in [1.82, 2.24) is 4.90 Å². The maximum absolute atomic E-state index is 2.76. The molecular weight excluding hydrogens is 290 g/mol. The Morgan fingerprint density at radius 2 is 1.79 bits per heavy atom. The second-order valence-corrected chi connectivity index (χ2v) is 8.51. The summed E-state index contributed by atoms with van der Waals surface area (Å²) in [6, 6.07) is 11.1. The Bertz CT molecular complexity index is 637. The van der Waals surface area contributed by atoms with E-state index in [9.17, 15) is 0 Å². The normalized spacial score (nSPS) is 29.4. The molecule has 1 fully saturated rings. The molecule has 2 atom stereocenters. The van der Waals surface area contributed by atoms with E-state index in [-0.39, 0.29) is 11.0 Å². The van der Waals surface area contributed by atoms with Crippen LogP contribution in [0, 0.1) is 5.92 Å². The lowest BCUT2D eigenvalue weighted by molar-refractivity contribution is 0.197. The van der Waals surface area contributed by atoms with Crippen LogP contribution in [0.25, 0.3) is 0 Å². The van der Waals surface area contributed by atoms with Crippen molar-refractivity contribution in [3.05, 3.63) is 59.3 Å². The minimum Gasteiger partial charge on any atom is -0.368 e. The standard InChI is InChI=1S/C23H33N/c1-6-18-12-11-13-19(7-2)21(18)24-17-23(5,16-22(24,3)4)20-14-9-8-10-15-20/h8-12,14-15,19H,6-7,13,16-17H2,1-5H3/t19-,23?/m1/s1. The van der Waals surface area contributed by atoms with E-state index in [4.69, 9.17) is 0 Å². The van der Waals surface area contributed by atoms with Crippen molar-refractivity contribution in [2.75, 3.05) is 6.54 Å². The largest absolute Gasteiger partial charge is 0.368 e. The van der Waals surface area contributed by atoms with Crippen molar-refractivity contribution in [2.24, 2.45) is 5.92 Å². The van der Waals surface area contributed by atoms with E-state index in [1.165, 1.54) is 24.8 Å². The van der Waals surface area contributed by atoms with Gasteiger partial charge < -0.3 is 4.90 Å². The molecular formula is C23H33N. The molecule has 0 bridgehead atoms. The van der Waals surface area contributed by atoms with Crippen LogP contribution in [-0.2, 0) is 5.41 Å². The zero-order valence-corrected chi connectivity index (χ0v) is 16.1. The Morgan fingerprint density at radius 1 is 1.08 bits per heavy atom. The van der Waals surface area contributed by atoms with Crippen molar-refractivity contribution in [3.63, 3.8) is 0 Å². The van der Waals surface area contributed by atoms with Crippen LogP contribution in [0.1, 0.15) is 65.9 Å². The summed E-state index contributed by atoms with van der Waals surface area (Å²) >= 11 is 0. The third-order valence-corrected chi connectivity index (χ3v) is 6.15. The first kappa shape index (κ1) is 17.3. The molecule has 0 radical (unpaired) electrons. The Morgan fingerprint density at radius 3 is 2.42 bits per heavy atom. The van der Waals surface area contributed by atoms with Gasteiger partial charge in [-0.3, -0.25) is 0 Å². The van der Waals surface area contributed by atoms with E-state index in [2.05, 4.69) is 82.0 Å². The summed E-state index contributed by atoms with van der Waals surface area (Å²) < 4.78 is 0. The highest BCUT2D eigenvalue weighted by Gasteiger charge is 2.48. The second kappa shape index (κ2) is 6.43. The highest BCUT2D eigenvalue weighted by atomic mass is 15.2. The predicted molar refractivity (Wildman–Crippen MR) is 104 cm³/mol. The molecule has 0 amide bonds. The van der Waals surface area contributed by atoms with Crippen LogP contribution in [0.4, 0.5) is 0 Å². The van der Waals surface area contributed by atoms with E-state index in [0.29, 0.717) is 5.92 Å². The van der Waals surface area contributed by atoms with Crippen molar-refractivity contribution in [2.45, 2.75) is 71.3 Å². The molecule has 0 N–H and O–H groups in total. The molecule has 130 valence electrons. The van der Waals surface area contributed by atoms with Crippen LogP contribution in [0.2, 0.25) is 0 Å². The molecule has 1 aromatic carbocycles. The number of hydrogen-bond acceptors (Lipinski definition) is 1. The number of likely N-dealkylation sites (tertiary alicyclic amines) is 1. The minimum absolute atomic E-state index is 0.207. The van der Waals surface area contributed by atoms with Gasteiger partial charge in [0.05, 0.1) is 0 Å². The monoisotopic (exact) mass is 323 g/mol. The summed E-state index contributed by atoms with van der Waals surface area (Å²) in [5.41, 5.74) is 5.11. The fraction of sp³-hybridized carbons (Fsp3) is 0.565. The maximum atomic E-state index is 2.76. The predicted octanol–water partition coefficient (Wildman–Crippen LogP) is 6.08. The number of rotatable bonds is 4. The molecule has 3 rings (SSSR count). The molecule has 0 saturated carbocycles. The van der Waals surface area contributed by atoms with Crippen LogP contribution >= 0.6 is 0 Å². The van der Waals surface area contributed by atoms with Crippen molar-refractivity contribution in [1.29, 1.82) is 0 Å². The Hall–Kier alpha value is -1.50. The minimum atomic E-state index is 0.207. The topological polar surface area (TPSA) is 3.24 Å². The van der Waals surface area contributed by atoms with Gasteiger partial charge in [-0.05, 0) is 50.7 Å². The lowest BCUT2D eigenvalue weighted by Gasteiger charge is -2.41. The molecule has 1 aliphatic heterocycles. The van der Waals surface area contributed by atoms with Crippen LogP contribution in [0.3, 0.4) is 0 Å². The third kappa shape index (κ3) is 2.94. The first-order valence-electron chi connectivity index (χ1n) is 9.64. The quantitative estimate of drug-likeness (QED) is 0.649. The summed E-state index contributed by atoms with van der Waals surface area (Å²) in [7, 11) is 0. The van der Waals surface area contributed by atoms with Gasteiger partial charge in [0, 0.05) is 29.1 Å². The molecule has 24 heavy (non-hydrogen) atoms. The van der Waals surface area contributed by atoms with Crippen molar-refractivity contribution in [3.8, 4) is 0 Å². The van der Waals surface area contributed by atoms with Gasteiger partial charge in [0.25, 0.3) is 0 Å². The lowest BCUT2D eigenvalue weighted by atomic mass is 9.78. The van der Waals surface area contributed by atoms with Gasteiger partial charge in [-0.25, -0.2) is 0 Å². The molecule has 1 nitrogen and oxygen atoms in total. The van der Waals surface area contributed by atoms with Crippen LogP contribution in [-0.4, -0.2) is 17.0 Å². The summed E-state index contributed by atoms with van der Waals surface area (Å²) in [6.45, 7) is 13.1. The van der Waals surface area contributed by atoms with Crippen molar-refractivity contribution < 1.29 is 0 Å². The van der Waals surface area contributed by atoms with E-state index in [1.54, 1.807) is 11.3 Å². The van der Waals surface area contributed by atoms with Gasteiger partial charge in [-0.15, -0.1) is 0 Å². The zero-order valence-electron chi connectivity index (χ0n) is 16.1. The fourth-order valence-electron chi connectivity index (χ4n) is 5.00. The molecule has 1 heteroatoms. The molecule has 2 aliphatic rings. The zero-order chi connectivity index (χ0) is 17.4. The second-order valence-electron chi connectivity index (χ2n) is 8.51. The average Bonchev–Trinajstić information content (AvgIpc) is 2.84. The van der Waals surface area contributed by atoms with Crippen molar-refractivity contribution >= 4 is 0 Å².